The maximum atomic E-state index is 12.5. The molecule has 0 heterocycles. The molecule has 2 rings (SSSR count). The number of hydrogen-bond donors (Lipinski definition) is 2. The molecule has 0 atom stereocenters. The summed E-state index contributed by atoms with van der Waals surface area (Å²) in [5.74, 6) is -0.631. The highest BCUT2D eigenvalue weighted by Gasteiger charge is 2.43. The number of carboxylic acids is 1. The number of carbonyl (C=O) groups is 2. The lowest BCUT2D eigenvalue weighted by Gasteiger charge is -2.40. The smallest absolute Gasteiger partial charge is 0.341 e. The third-order valence-electron chi connectivity index (χ3n) is 4.03. The van der Waals surface area contributed by atoms with Crippen LogP contribution < -0.4 is 10.1 Å². The number of anilines is 1. The lowest BCUT2D eigenvalue weighted by molar-refractivity contribution is -0.139. The Morgan fingerprint density at radius 2 is 2.14 bits per heavy atom. The number of benzene rings is 1. The van der Waals surface area contributed by atoms with Crippen LogP contribution in [0.4, 0.5) is 5.69 Å². The van der Waals surface area contributed by atoms with Crippen LogP contribution in [0.25, 0.3) is 0 Å². The van der Waals surface area contributed by atoms with E-state index in [9.17, 15) is 9.59 Å². The van der Waals surface area contributed by atoms with Gasteiger partial charge in [0.25, 0.3) is 0 Å². The third kappa shape index (κ3) is 3.98. The van der Waals surface area contributed by atoms with Gasteiger partial charge in [0.2, 0.25) is 5.91 Å². The third-order valence-corrected chi connectivity index (χ3v) is 4.03. The maximum Gasteiger partial charge on any atom is 0.341 e. The molecule has 0 aromatic heterocycles. The van der Waals surface area contributed by atoms with Gasteiger partial charge in [0.05, 0.1) is 5.41 Å². The zero-order valence-corrected chi connectivity index (χ0v) is 12.6. The van der Waals surface area contributed by atoms with Gasteiger partial charge in [-0.15, -0.1) is 0 Å². The van der Waals surface area contributed by atoms with E-state index in [2.05, 4.69) is 5.32 Å². The number of hydrogen-bond acceptors (Lipinski definition) is 4. The predicted octanol–water partition coefficient (Wildman–Crippen LogP) is 2.30. The highest BCUT2D eigenvalue weighted by atomic mass is 16.5. The van der Waals surface area contributed by atoms with Crippen molar-refractivity contribution in [1.29, 1.82) is 0 Å². The fourth-order valence-electron chi connectivity index (χ4n) is 2.56. The summed E-state index contributed by atoms with van der Waals surface area (Å²) in [4.78, 5) is 23.0. The fraction of sp³-hybridized carbons (Fsp3) is 0.500. The Labute approximate surface area is 129 Å². The lowest BCUT2D eigenvalue weighted by atomic mass is 9.66. The van der Waals surface area contributed by atoms with Gasteiger partial charge >= 0.3 is 5.97 Å². The molecule has 6 heteroatoms. The van der Waals surface area contributed by atoms with Crippen molar-refractivity contribution in [2.45, 2.75) is 25.7 Å². The zero-order valence-electron chi connectivity index (χ0n) is 12.6. The second-order valence-corrected chi connectivity index (χ2v) is 5.54. The van der Waals surface area contributed by atoms with E-state index in [1.165, 1.54) is 0 Å². The Hall–Kier alpha value is -2.08. The first-order valence-electron chi connectivity index (χ1n) is 7.31. The van der Waals surface area contributed by atoms with E-state index in [4.69, 9.17) is 14.6 Å². The number of carboxylic acid groups (broad SMARTS) is 1. The van der Waals surface area contributed by atoms with Gasteiger partial charge in [-0.1, -0.05) is 12.5 Å². The van der Waals surface area contributed by atoms with E-state index in [1.807, 2.05) is 0 Å². The van der Waals surface area contributed by atoms with E-state index in [-0.39, 0.29) is 11.3 Å². The van der Waals surface area contributed by atoms with Gasteiger partial charge in [-0.3, -0.25) is 4.79 Å². The van der Waals surface area contributed by atoms with Crippen molar-refractivity contribution in [3.8, 4) is 5.75 Å². The molecule has 0 aliphatic heterocycles. The number of methoxy groups -OCH3 is 1. The van der Waals surface area contributed by atoms with Crippen LogP contribution in [-0.2, 0) is 14.3 Å². The van der Waals surface area contributed by atoms with E-state index in [0.717, 1.165) is 19.3 Å². The number of aliphatic carboxylic acids is 1. The first kappa shape index (κ1) is 16.3. The Morgan fingerprint density at radius 1 is 1.36 bits per heavy atom. The van der Waals surface area contributed by atoms with Crippen LogP contribution in [0.2, 0.25) is 0 Å². The molecule has 0 saturated heterocycles. The molecule has 1 aromatic carbocycles. The van der Waals surface area contributed by atoms with Crippen molar-refractivity contribution < 1.29 is 24.2 Å². The lowest BCUT2D eigenvalue weighted by Crippen LogP contribution is -2.42. The molecule has 1 aliphatic rings. The monoisotopic (exact) mass is 307 g/mol. The molecule has 1 aliphatic carbocycles. The van der Waals surface area contributed by atoms with Crippen molar-refractivity contribution in [3.63, 3.8) is 0 Å². The zero-order chi connectivity index (χ0) is 16.0. The van der Waals surface area contributed by atoms with Crippen molar-refractivity contribution in [2.24, 2.45) is 5.41 Å². The van der Waals surface area contributed by atoms with Crippen LogP contribution in [-0.4, -0.2) is 37.3 Å². The van der Waals surface area contributed by atoms with Crippen LogP contribution in [0.5, 0.6) is 5.75 Å². The van der Waals surface area contributed by atoms with E-state index in [0.29, 0.717) is 24.5 Å². The quantitative estimate of drug-likeness (QED) is 0.769. The second-order valence-electron chi connectivity index (χ2n) is 5.54. The summed E-state index contributed by atoms with van der Waals surface area (Å²) in [7, 11) is 1.63. The van der Waals surface area contributed by atoms with Gasteiger partial charge < -0.3 is 19.9 Å². The summed E-state index contributed by atoms with van der Waals surface area (Å²) < 4.78 is 10.2. The van der Waals surface area contributed by atoms with E-state index < -0.39 is 12.6 Å². The fourth-order valence-corrected chi connectivity index (χ4v) is 2.56. The average molecular weight is 307 g/mol. The summed E-state index contributed by atoms with van der Waals surface area (Å²) in [5.41, 5.74) is 0.269. The molecule has 0 bridgehead atoms. The largest absolute Gasteiger partial charge is 0.482 e. The van der Waals surface area contributed by atoms with Crippen LogP contribution in [0.15, 0.2) is 24.3 Å². The minimum atomic E-state index is -1.04. The summed E-state index contributed by atoms with van der Waals surface area (Å²) >= 11 is 0. The molecule has 120 valence electrons. The van der Waals surface area contributed by atoms with Crippen LogP contribution in [0, 0.1) is 5.41 Å². The molecule has 6 nitrogen and oxygen atoms in total. The molecule has 0 spiro atoms. The summed E-state index contributed by atoms with van der Waals surface area (Å²) in [6.45, 7) is 0.157. The van der Waals surface area contributed by atoms with Crippen LogP contribution in [0.3, 0.4) is 0 Å². The van der Waals surface area contributed by atoms with Gasteiger partial charge in [0.15, 0.2) is 6.61 Å². The predicted molar refractivity (Wildman–Crippen MR) is 81.0 cm³/mol. The Kier molecular flexibility index (Phi) is 5.38. The first-order valence-corrected chi connectivity index (χ1v) is 7.31. The Bertz CT molecular complexity index is 539. The molecule has 2 N–H and O–H groups in total. The van der Waals surface area contributed by atoms with Crippen LogP contribution in [0.1, 0.15) is 25.7 Å². The number of rotatable bonds is 8. The van der Waals surface area contributed by atoms with Crippen LogP contribution >= 0.6 is 0 Å². The maximum absolute atomic E-state index is 12.5. The molecule has 1 aromatic rings. The van der Waals surface area contributed by atoms with Crippen molar-refractivity contribution >= 4 is 17.6 Å². The molecule has 1 saturated carbocycles. The Balaban J connectivity index is 1.98. The highest BCUT2D eigenvalue weighted by Crippen LogP contribution is 2.44. The van der Waals surface area contributed by atoms with Gasteiger partial charge in [-0.05, 0) is 31.4 Å². The molecular weight excluding hydrogens is 286 g/mol. The Morgan fingerprint density at radius 3 is 2.73 bits per heavy atom. The van der Waals surface area contributed by atoms with E-state index >= 15 is 0 Å². The SMILES string of the molecule is COCCC1(C(=O)Nc2cccc(OCC(=O)O)c2)CCC1. The first-order chi connectivity index (χ1) is 10.6. The minimum Gasteiger partial charge on any atom is -0.482 e. The molecule has 0 radical (unpaired) electrons. The molecule has 1 fully saturated rings. The van der Waals surface area contributed by atoms with Gasteiger partial charge in [-0.2, -0.15) is 0 Å². The highest BCUT2D eigenvalue weighted by molar-refractivity contribution is 5.96. The number of ether oxygens (including phenoxy) is 2. The summed E-state index contributed by atoms with van der Waals surface area (Å²) in [5, 5.41) is 11.5. The summed E-state index contributed by atoms with van der Waals surface area (Å²) in [6, 6.07) is 6.76. The van der Waals surface area contributed by atoms with Crippen molar-refractivity contribution in [1.82, 2.24) is 0 Å². The number of amides is 1. The normalized spacial score (nSPS) is 15.7. The van der Waals surface area contributed by atoms with Crippen molar-refractivity contribution in [2.75, 3.05) is 25.6 Å². The average Bonchev–Trinajstić information content (AvgIpc) is 2.44. The standard InChI is InChI=1S/C16H21NO5/c1-21-9-8-16(6-3-7-16)15(20)17-12-4-2-5-13(10-12)22-11-14(18)19/h2,4-5,10H,3,6-9,11H2,1H3,(H,17,20)(H,18,19). The van der Waals surface area contributed by atoms with E-state index in [1.54, 1.807) is 31.4 Å². The topological polar surface area (TPSA) is 84.9 Å². The summed E-state index contributed by atoms with van der Waals surface area (Å²) in [6.07, 6.45) is 3.51. The van der Waals surface area contributed by atoms with Crippen molar-refractivity contribution in [3.05, 3.63) is 24.3 Å². The minimum absolute atomic E-state index is 0.00816. The molecule has 1 amide bonds. The van der Waals surface area contributed by atoms with Gasteiger partial charge in [0, 0.05) is 25.5 Å². The molecule has 0 unspecified atom stereocenters. The van der Waals surface area contributed by atoms with Gasteiger partial charge in [0.1, 0.15) is 5.75 Å². The second kappa shape index (κ2) is 7.26. The number of nitrogens with one attached hydrogen (secondary N) is 1. The molecular formula is C16H21NO5. The van der Waals surface area contributed by atoms with Gasteiger partial charge in [-0.25, -0.2) is 4.79 Å². The number of carbonyl (C=O) groups excluding carboxylic acids is 1. The molecule has 22 heavy (non-hydrogen) atoms.